The van der Waals surface area contributed by atoms with Crippen molar-refractivity contribution < 1.29 is 4.74 Å². The molecule has 0 saturated carbocycles. The molecule has 0 spiro atoms. The predicted molar refractivity (Wildman–Crippen MR) is 80.1 cm³/mol. The SMILES string of the molecule is COCCNCCn1cncc1-c1ccccc1Br. The molecule has 5 heteroatoms. The molecular formula is C14H18BrN3O. The molecule has 1 aromatic carbocycles. The second kappa shape index (κ2) is 7.43. The van der Waals surface area contributed by atoms with Gasteiger partial charge in [0.2, 0.25) is 0 Å². The van der Waals surface area contributed by atoms with E-state index in [1.54, 1.807) is 7.11 Å². The van der Waals surface area contributed by atoms with Crippen LogP contribution in [0.2, 0.25) is 0 Å². The number of hydrogen-bond acceptors (Lipinski definition) is 3. The highest BCUT2D eigenvalue weighted by molar-refractivity contribution is 9.10. The molecule has 0 radical (unpaired) electrons. The minimum atomic E-state index is 0.737. The van der Waals surface area contributed by atoms with Crippen LogP contribution < -0.4 is 5.32 Å². The summed E-state index contributed by atoms with van der Waals surface area (Å²) >= 11 is 3.58. The molecule has 1 aromatic heterocycles. The van der Waals surface area contributed by atoms with E-state index in [-0.39, 0.29) is 0 Å². The minimum Gasteiger partial charge on any atom is -0.383 e. The van der Waals surface area contributed by atoms with Gasteiger partial charge in [0.25, 0.3) is 0 Å². The molecule has 0 atom stereocenters. The van der Waals surface area contributed by atoms with Crippen LogP contribution in [0.1, 0.15) is 0 Å². The smallest absolute Gasteiger partial charge is 0.0951 e. The maximum atomic E-state index is 5.00. The summed E-state index contributed by atoms with van der Waals surface area (Å²) in [6.07, 6.45) is 3.77. The number of imidazole rings is 1. The Labute approximate surface area is 121 Å². The van der Waals surface area contributed by atoms with Crippen molar-refractivity contribution >= 4 is 15.9 Å². The first-order valence-electron chi connectivity index (χ1n) is 6.27. The zero-order valence-electron chi connectivity index (χ0n) is 11.0. The number of ether oxygens (including phenoxy) is 1. The van der Waals surface area contributed by atoms with E-state index in [4.69, 9.17) is 4.74 Å². The second-order valence-electron chi connectivity index (χ2n) is 4.19. The Morgan fingerprint density at radius 3 is 2.95 bits per heavy atom. The van der Waals surface area contributed by atoms with Crippen LogP contribution >= 0.6 is 15.9 Å². The summed E-state index contributed by atoms with van der Waals surface area (Å²) in [7, 11) is 1.71. The molecule has 1 N–H and O–H groups in total. The van der Waals surface area contributed by atoms with Crippen LogP contribution in [0.5, 0.6) is 0 Å². The fourth-order valence-electron chi connectivity index (χ4n) is 1.89. The van der Waals surface area contributed by atoms with Gasteiger partial charge in [0, 0.05) is 36.8 Å². The van der Waals surface area contributed by atoms with E-state index in [1.807, 2.05) is 30.7 Å². The van der Waals surface area contributed by atoms with E-state index in [0.717, 1.165) is 42.0 Å². The fourth-order valence-corrected chi connectivity index (χ4v) is 2.38. The van der Waals surface area contributed by atoms with Crippen LogP contribution in [-0.2, 0) is 11.3 Å². The molecule has 0 aliphatic heterocycles. The Balaban J connectivity index is 2.00. The molecule has 0 aliphatic rings. The van der Waals surface area contributed by atoms with Crippen LogP contribution in [0.15, 0.2) is 41.3 Å². The van der Waals surface area contributed by atoms with Crippen molar-refractivity contribution in [3.05, 3.63) is 41.3 Å². The van der Waals surface area contributed by atoms with Crippen molar-refractivity contribution in [2.45, 2.75) is 6.54 Å². The van der Waals surface area contributed by atoms with Gasteiger partial charge in [0.1, 0.15) is 0 Å². The number of nitrogens with one attached hydrogen (secondary N) is 1. The molecule has 0 amide bonds. The molecule has 0 aliphatic carbocycles. The number of aromatic nitrogens is 2. The van der Waals surface area contributed by atoms with Crippen LogP contribution in [-0.4, -0.2) is 36.4 Å². The van der Waals surface area contributed by atoms with Gasteiger partial charge < -0.3 is 14.6 Å². The number of methoxy groups -OCH3 is 1. The number of hydrogen-bond donors (Lipinski definition) is 1. The first kappa shape index (κ1) is 14.2. The minimum absolute atomic E-state index is 0.737. The van der Waals surface area contributed by atoms with Gasteiger partial charge >= 0.3 is 0 Å². The Hall–Kier alpha value is -1.17. The highest BCUT2D eigenvalue weighted by atomic mass is 79.9. The van der Waals surface area contributed by atoms with E-state index in [0.29, 0.717) is 0 Å². The lowest BCUT2D eigenvalue weighted by molar-refractivity contribution is 0.199. The summed E-state index contributed by atoms with van der Waals surface area (Å²) in [4.78, 5) is 4.24. The number of halogens is 1. The predicted octanol–water partition coefficient (Wildman–Crippen LogP) is 2.55. The molecule has 1 heterocycles. The van der Waals surface area contributed by atoms with Crippen molar-refractivity contribution in [1.82, 2.24) is 14.9 Å². The van der Waals surface area contributed by atoms with Crippen molar-refractivity contribution in [1.29, 1.82) is 0 Å². The normalized spacial score (nSPS) is 10.8. The summed E-state index contributed by atoms with van der Waals surface area (Å²) in [6.45, 7) is 3.40. The maximum Gasteiger partial charge on any atom is 0.0951 e. The third-order valence-corrected chi connectivity index (χ3v) is 3.57. The number of rotatable bonds is 7. The molecular weight excluding hydrogens is 306 g/mol. The van der Waals surface area contributed by atoms with Crippen LogP contribution in [0.25, 0.3) is 11.3 Å². The lowest BCUT2D eigenvalue weighted by Crippen LogP contribution is -2.23. The van der Waals surface area contributed by atoms with Crippen LogP contribution in [0.3, 0.4) is 0 Å². The average molecular weight is 324 g/mol. The number of nitrogens with zero attached hydrogens (tertiary/aromatic N) is 2. The molecule has 0 bridgehead atoms. The number of benzene rings is 1. The molecule has 4 nitrogen and oxygen atoms in total. The highest BCUT2D eigenvalue weighted by Gasteiger charge is 2.07. The average Bonchev–Trinajstić information content (AvgIpc) is 2.87. The van der Waals surface area contributed by atoms with E-state index < -0.39 is 0 Å². The van der Waals surface area contributed by atoms with Crippen molar-refractivity contribution in [3.8, 4) is 11.3 Å². The first-order valence-corrected chi connectivity index (χ1v) is 7.07. The molecule has 0 unspecified atom stereocenters. The zero-order chi connectivity index (χ0) is 13.5. The van der Waals surface area contributed by atoms with E-state index in [2.05, 4.69) is 36.9 Å². The molecule has 0 fully saturated rings. The summed E-state index contributed by atoms with van der Waals surface area (Å²) in [5, 5.41) is 3.33. The summed E-state index contributed by atoms with van der Waals surface area (Å²) < 4.78 is 8.24. The second-order valence-corrected chi connectivity index (χ2v) is 5.05. The molecule has 2 rings (SSSR count). The maximum absolute atomic E-state index is 5.00. The Kier molecular flexibility index (Phi) is 5.57. The van der Waals surface area contributed by atoms with Gasteiger partial charge in [-0.25, -0.2) is 4.98 Å². The van der Waals surface area contributed by atoms with Gasteiger partial charge in [-0.05, 0) is 6.07 Å². The topological polar surface area (TPSA) is 39.1 Å². The van der Waals surface area contributed by atoms with Gasteiger partial charge in [0.15, 0.2) is 0 Å². The van der Waals surface area contributed by atoms with Crippen molar-refractivity contribution in [2.24, 2.45) is 0 Å². The standard InChI is InChI=1S/C14H18BrN3O/c1-19-9-7-16-6-8-18-11-17-10-14(18)12-4-2-3-5-13(12)15/h2-5,10-11,16H,6-9H2,1H3. The van der Waals surface area contributed by atoms with Gasteiger partial charge in [0.05, 0.1) is 24.8 Å². The summed E-state index contributed by atoms with van der Waals surface area (Å²) in [5.74, 6) is 0. The molecule has 0 saturated heterocycles. The summed E-state index contributed by atoms with van der Waals surface area (Å²) in [5.41, 5.74) is 2.29. The highest BCUT2D eigenvalue weighted by Crippen LogP contribution is 2.27. The first-order chi connectivity index (χ1) is 9.33. The van der Waals surface area contributed by atoms with Crippen molar-refractivity contribution in [3.63, 3.8) is 0 Å². The van der Waals surface area contributed by atoms with E-state index >= 15 is 0 Å². The van der Waals surface area contributed by atoms with Crippen molar-refractivity contribution in [2.75, 3.05) is 26.8 Å². The quantitative estimate of drug-likeness (QED) is 0.796. The molecule has 19 heavy (non-hydrogen) atoms. The largest absolute Gasteiger partial charge is 0.383 e. The summed E-state index contributed by atoms with van der Waals surface area (Å²) in [6, 6.07) is 8.19. The third kappa shape index (κ3) is 3.89. The molecule has 2 aromatic rings. The van der Waals surface area contributed by atoms with Crippen LogP contribution in [0, 0.1) is 0 Å². The molecule has 102 valence electrons. The lowest BCUT2D eigenvalue weighted by atomic mass is 10.2. The van der Waals surface area contributed by atoms with Gasteiger partial charge in [-0.2, -0.15) is 0 Å². The Morgan fingerprint density at radius 2 is 2.16 bits per heavy atom. The Bertz CT molecular complexity index is 513. The van der Waals surface area contributed by atoms with E-state index in [1.165, 1.54) is 0 Å². The van der Waals surface area contributed by atoms with Crippen LogP contribution in [0.4, 0.5) is 0 Å². The third-order valence-electron chi connectivity index (χ3n) is 2.87. The van der Waals surface area contributed by atoms with Gasteiger partial charge in [-0.1, -0.05) is 34.1 Å². The van der Waals surface area contributed by atoms with Gasteiger partial charge in [-0.15, -0.1) is 0 Å². The lowest BCUT2D eigenvalue weighted by Gasteiger charge is -2.10. The fraction of sp³-hybridized carbons (Fsp3) is 0.357. The zero-order valence-corrected chi connectivity index (χ0v) is 12.6. The monoisotopic (exact) mass is 323 g/mol. The van der Waals surface area contributed by atoms with E-state index in [9.17, 15) is 0 Å². The van der Waals surface area contributed by atoms with Gasteiger partial charge in [-0.3, -0.25) is 0 Å². The Morgan fingerprint density at radius 1 is 1.32 bits per heavy atom.